The number of rotatable bonds is 12. The number of nitrogens with zero attached hydrogens (tertiary/aromatic N) is 7. The number of amides is 3. The largest absolute Gasteiger partial charge is 0.385 e. The predicted molar refractivity (Wildman–Crippen MR) is 250 cm³/mol. The molecule has 1 atom stereocenters. The molecular formula is C49H57F2N11O4. The lowest BCUT2D eigenvalue weighted by Crippen LogP contribution is -2.48. The highest BCUT2D eigenvalue weighted by atomic mass is 19.3. The summed E-state index contributed by atoms with van der Waals surface area (Å²) in [5.41, 5.74) is 8.42. The zero-order valence-electron chi connectivity index (χ0n) is 37.7. The number of imidazole rings is 1. The number of carbonyl (C=O) groups excluding carboxylic acids is 3. The Bertz CT molecular complexity index is 2780. The first-order valence-electron chi connectivity index (χ1n) is 22.9. The molecule has 5 aromatic rings. The van der Waals surface area contributed by atoms with Gasteiger partial charge in [-0.3, -0.25) is 38.9 Å². The van der Waals surface area contributed by atoms with Crippen molar-refractivity contribution in [3.8, 4) is 11.1 Å². The molecule has 3 amide bonds. The second-order valence-electron chi connectivity index (χ2n) is 18.1. The maximum Gasteiger partial charge on any atom is 0.329 e. The van der Waals surface area contributed by atoms with Gasteiger partial charge in [0.25, 0.3) is 6.43 Å². The van der Waals surface area contributed by atoms with Crippen molar-refractivity contribution < 1.29 is 23.2 Å². The maximum absolute atomic E-state index is 14.6. The van der Waals surface area contributed by atoms with Crippen molar-refractivity contribution >= 4 is 46.0 Å². The molecule has 1 unspecified atom stereocenters. The number of aryl methyl sites for hydroxylation is 3. The van der Waals surface area contributed by atoms with Crippen LogP contribution < -0.4 is 26.5 Å². The van der Waals surface area contributed by atoms with Gasteiger partial charge in [-0.05, 0) is 85.0 Å². The van der Waals surface area contributed by atoms with Gasteiger partial charge in [0.1, 0.15) is 11.9 Å². The number of fused-ring (bicyclic) bond motifs is 2. The van der Waals surface area contributed by atoms with Crippen LogP contribution in [0.2, 0.25) is 0 Å². The third-order valence-corrected chi connectivity index (χ3v) is 13.8. The highest BCUT2D eigenvalue weighted by Crippen LogP contribution is 2.40. The number of hydrogen-bond donors (Lipinski definition) is 4. The topological polar surface area (TPSA) is 166 Å². The van der Waals surface area contributed by atoms with E-state index < -0.39 is 18.4 Å². The Morgan fingerprint density at radius 3 is 2.44 bits per heavy atom. The van der Waals surface area contributed by atoms with Crippen LogP contribution in [0.1, 0.15) is 80.2 Å². The summed E-state index contributed by atoms with van der Waals surface area (Å²) in [5.74, 6) is -0.581. The number of piperidine rings is 2. The fraction of sp³-hybridized carbons (Fsp3) is 0.429. The van der Waals surface area contributed by atoms with Crippen LogP contribution in [-0.4, -0.2) is 97.6 Å². The average Bonchev–Trinajstić information content (AvgIpc) is 3.86. The molecule has 15 nitrogen and oxygen atoms in total. The quantitative estimate of drug-likeness (QED) is 0.0689. The molecule has 3 aromatic carbocycles. The zero-order chi connectivity index (χ0) is 46.2. The number of anilines is 2. The van der Waals surface area contributed by atoms with Crippen LogP contribution in [-0.2, 0) is 47.9 Å². The summed E-state index contributed by atoms with van der Waals surface area (Å²) in [5, 5.41) is 23.4. The monoisotopic (exact) mass is 901 g/mol. The summed E-state index contributed by atoms with van der Waals surface area (Å²) in [6.45, 7) is 6.25. The molecule has 6 heterocycles. The number of aromatic nitrogens is 4. The van der Waals surface area contributed by atoms with Crippen molar-refractivity contribution in [3.63, 3.8) is 0 Å². The lowest BCUT2D eigenvalue weighted by atomic mass is 9.92. The van der Waals surface area contributed by atoms with E-state index in [0.29, 0.717) is 60.4 Å². The third-order valence-electron chi connectivity index (χ3n) is 13.8. The molecule has 9 rings (SSSR count). The lowest BCUT2D eigenvalue weighted by molar-refractivity contribution is -0.135. The molecule has 0 spiro atoms. The number of hydrogen-bond acceptors (Lipinski definition) is 9. The molecule has 17 heteroatoms. The van der Waals surface area contributed by atoms with Gasteiger partial charge in [0.05, 0.1) is 29.5 Å². The molecule has 2 saturated heterocycles. The van der Waals surface area contributed by atoms with E-state index in [9.17, 15) is 33.4 Å². The first kappa shape index (κ1) is 44.6. The van der Waals surface area contributed by atoms with Crippen LogP contribution in [0.25, 0.3) is 22.2 Å². The summed E-state index contributed by atoms with van der Waals surface area (Å²) in [4.78, 5) is 56.5. The van der Waals surface area contributed by atoms with Crippen LogP contribution in [0.5, 0.6) is 0 Å². The molecule has 346 valence electrons. The fourth-order valence-electron chi connectivity index (χ4n) is 10.1. The number of halogens is 2. The van der Waals surface area contributed by atoms with E-state index in [-0.39, 0.29) is 47.8 Å². The van der Waals surface area contributed by atoms with Crippen molar-refractivity contribution in [2.24, 2.45) is 14.1 Å². The number of alkyl halides is 2. The Morgan fingerprint density at radius 2 is 1.73 bits per heavy atom. The second kappa shape index (κ2) is 18.7. The summed E-state index contributed by atoms with van der Waals surface area (Å²) in [6.07, 6.45) is 5.97. The number of benzene rings is 3. The minimum Gasteiger partial charge on any atom is -0.385 e. The maximum atomic E-state index is 14.6. The number of para-hydroxylation sites is 1. The highest BCUT2D eigenvalue weighted by Gasteiger charge is 2.34. The smallest absolute Gasteiger partial charge is 0.329 e. The van der Waals surface area contributed by atoms with E-state index in [0.717, 1.165) is 79.8 Å². The standard InChI is InChI=1S/C49H57F2N11O4/c1-30(63)60-23-18-39(38(29-60)47(52)61-19-5-6-33-24-36(34-27-54-57(2)28-34)37(46(50)51)25-43(33)61)55-35-16-21-59(22-17-35)20-15-31-9-11-32(12-10-31)26-53-40-7-4-8-41-45(40)58(3)49(66)62(41)42-13-14-44(64)56-48(42)65/h4,7-12,24-25,27-28,35,42,46,52-53,55H,5-6,13-23,26,29H2,1-3H3,(H,56,64,65). The van der Waals surface area contributed by atoms with E-state index >= 15 is 0 Å². The molecule has 66 heavy (non-hydrogen) atoms. The van der Waals surface area contributed by atoms with Crippen LogP contribution in [0.3, 0.4) is 0 Å². The molecule has 0 saturated carbocycles. The van der Waals surface area contributed by atoms with E-state index in [2.05, 4.69) is 50.2 Å². The summed E-state index contributed by atoms with van der Waals surface area (Å²) < 4.78 is 33.9. The predicted octanol–water partition coefficient (Wildman–Crippen LogP) is 5.80. The van der Waals surface area contributed by atoms with Crippen molar-refractivity contribution in [3.05, 3.63) is 111 Å². The number of imide groups is 1. The Hall–Kier alpha value is -6.62. The molecular weight excluding hydrogens is 845 g/mol. The second-order valence-corrected chi connectivity index (χ2v) is 18.1. The number of likely N-dealkylation sites (tertiary alicyclic amines) is 1. The Labute approximate surface area is 381 Å². The van der Waals surface area contributed by atoms with Gasteiger partial charge in [0.2, 0.25) is 17.7 Å². The van der Waals surface area contributed by atoms with Crippen molar-refractivity contribution in [2.45, 2.75) is 83.3 Å². The minimum absolute atomic E-state index is 0.0532. The first-order chi connectivity index (χ1) is 31.8. The normalized spacial score (nSPS) is 18.5. The Morgan fingerprint density at radius 1 is 0.955 bits per heavy atom. The number of amidine groups is 1. The Balaban J connectivity index is 0.812. The van der Waals surface area contributed by atoms with Crippen molar-refractivity contribution in [2.75, 3.05) is 49.5 Å². The first-order valence-corrected chi connectivity index (χ1v) is 22.9. The van der Waals surface area contributed by atoms with E-state index in [1.165, 1.54) is 10.1 Å². The van der Waals surface area contributed by atoms with Crippen molar-refractivity contribution in [1.82, 2.24) is 39.3 Å². The SMILES string of the molecule is CC(=O)N1CCC(NC2CCN(CCc3ccc(CNc4cccc5c4n(C)c(=O)n5C4CCC(=O)NC4=O)cc3)CC2)=C(C(=N)N2CCCc3cc(-c4cnn(C)c4)c(C(F)F)cc32)C1. The minimum atomic E-state index is -2.70. The van der Waals surface area contributed by atoms with Gasteiger partial charge in [-0.2, -0.15) is 5.10 Å². The molecule has 2 aromatic heterocycles. The summed E-state index contributed by atoms with van der Waals surface area (Å²) >= 11 is 0. The fourth-order valence-corrected chi connectivity index (χ4v) is 10.1. The van der Waals surface area contributed by atoms with Crippen molar-refractivity contribution in [1.29, 1.82) is 5.41 Å². The molecule has 4 aliphatic rings. The van der Waals surface area contributed by atoms with Gasteiger partial charge in [0, 0.05) is 113 Å². The zero-order valence-corrected chi connectivity index (χ0v) is 37.7. The van der Waals surface area contributed by atoms with Crippen LogP contribution in [0.4, 0.5) is 20.2 Å². The number of nitrogens with one attached hydrogen (secondary N) is 4. The van der Waals surface area contributed by atoms with Crippen LogP contribution in [0.15, 0.2) is 83.1 Å². The van der Waals surface area contributed by atoms with Gasteiger partial charge in [-0.15, -0.1) is 0 Å². The van der Waals surface area contributed by atoms with E-state index in [1.807, 2.05) is 29.2 Å². The summed E-state index contributed by atoms with van der Waals surface area (Å²) in [6, 6.07) is 17.0. The molecule has 0 aliphatic carbocycles. The Kier molecular flexibility index (Phi) is 12.6. The third kappa shape index (κ3) is 9.00. The van der Waals surface area contributed by atoms with E-state index in [4.69, 9.17) is 0 Å². The summed E-state index contributed by atoms with van der Waals surface area (Å²) in [7, 11) is 3.46. The molecule has 4 aliphatic heterocycles. The van der Waals surface area contributed by atoms with Gasteiger partial charge >= 0.3 is 5.69 Å². The highest BCUT2D eigenvalue weighted by molar-refractivity contribution is 6.09. The van der Waals surface area contributed by atoms with E-state index in [1.54, 1.807) is 53.6 Å². The van der Waals surface area contributed by atoms with Gasteiger partial charge in [-0.25, -0.2) is 13.6 Å². The van der Waals surface area contributed by atoms with Gasteiger partial charge < -0.3 is 25.3 Å². The lowest BCUT2D eigenvalue weighted by Gasteiger charge is -2.39. The van der Waals surface area contributed by atoms with Crippen LogP contribution >= 0.6 is 0 Å². The van der Waals surface area contributed by atoms with Gasteiger partial charge in [0.15, 0.2) is 0 Å². The average molecular weight is 902 g/mol. The molecule has 4 N–H and O–H groups in total. The van der Waals surface area contributed by atoms with Gasteiger partial charge in [-0.1, -0.05) is 30.3 Å². The number of carbonyl (C=O) groups is 3. The molecule has 2 fully saturated rings. The van der Waals surface area contributed by atoms with Crippen LogP contribution in [0, 0.1) is 5.41 Å². The molecule has 0 radical (unpaired) electrons. The molecule has 0 bridgehead atoms.